The summed E-state index contributed by atoms with van der Waals surface area (Å²) in [4.78, 5) is 14.1. The van der Waals surface area contributed by atoms with Crippen molar-refractivity contribution in [3.8, 4) is 11.5 Å². The lowest BCUT2D eigenvalue weighted by Gasteiger charge is -2.26. The van der Waals surface area contributed by atoms with Crippen LogP contribution in [0.2, 0.25) is 5.02 Å². The number of rotatable bonds is 7. The fourth-order valence-electron chi connectivity index (χ4n) is 3.09. The minimum Gasteiger partial charge on any atom is -0.493 e. The third kappa shape index (κ3) is 5.54. The highest BCUT2D eigenvalue weighted by Gasteiger charge is 2.17. The van der Waals surface area contributed by atoms with Crippen LogP contribution in [0.5, 0.6) is 11.5 Å². The number of methoxy groups -OCH3 is 1. The van der Waals surface area contributed by atoms with E-state index in [1.807, 2.05) is 47.4 Å². The molecule has 0 radical (unpaired) electrons. The van der Waals surface area contributed by atoms with Gasteiger partial charge in [0.05, 0.1) is 7.11 Å². The third-order valence-electron chi connectivity index (χ3n) is 4.63. The average molecular weight is 389 g/mol. The molecule has 1 saturated heterocycles. The summed E-state index contributed by atoms with van der Waals surface area (Å²) in [6.45, 7) is 2.34. The quantitative estimate of drug-likeness (QED) is 0.766. The highest BCUT2D eigenvalue weighted by molar-refractivity contribution is 6.30. The number of carbonyl (C=O) groups is 1. The Bertz CT molecular complexity index is 759. The van der Waals surface area contributed by atoms with E-state index in [4.69, 9.17) is 21.1 Å². The minimum absolute atomic E-state index is 0.0326. The third-order valence-corrected chi connectivity index (χ3v) is 4.88. The molecule has 0 bridgehead atoms. The Hall–Kier alpha value is -2.40. The standard InChI is InChI=1S/C21H25ClN2O3/c1-26-20-13-16(14-23-18-8-6-17(22)7-9-18)5-10-19(20)27-15-21(25)24-11-3-2-4-12-24/h5-10,13,23H,2-4,11-12,14-15H2,1H3. The van der Waals surface area contributed by atoms with Crippen LogP contribution in [0.3, 0.4) is 0 Å². The minimum atomic E-state index is 0.0326. The summed E-state index contributed by atoms with van der Waals surface area (Å²) in [7, 11) is 1.60. The van der Waals surface area contributed by atoms with Crippen LogP contribution in [0, 0.1) is 0 Å². The number of nitrogens with one attached hydrogen (secondary N) is 1. The van der Waals surface area contributed by atoms with Gasteiger partial charge in [0.15, 0.2) is 18.1 Å². The molecule has 1 N–H and O–H groups in total. The number of nitrogens with zero attached hydrogens (tertiary/aromatic N) is 1. The fourth-order valence-corrected chi connectivity index (χ4v) is 3.21. The number of piperidine rings is 1. The number of anilines is 1. The number of hydrogen-bond acceptors (Lipinski definition) is 4. The molecule has 0 unspecified atom stereocenters. The summed E-state index contributed by atoms with van der Waals surface area (Å²) in [6.07, 6.45) is 3.35. The molecule has 5 nitrogen and oxygen atoms in total. The number of ether oxygens (including phenoxy) is 2. The predicted octanol–water partition coefficient (Wildman–Crippen LogP) is 4.35. The number of amides is 1. The molecule has 144 valence electrons. The number of hydrogen-bond donors (Lipinski definition) is 1. The molecule has 0 spiro atoms. The van der Waals surface area contributed by atoms with E-state index in [9.17, 15) is 4.79 Å². The van der Waals surface area contributed by atoms with Crippen molar-refractivity contribution in [2.75, 3.05) is 32.1 Å². The zero-order valence-corrected chi connectivity index (χ0v) is 16.3. The van der Waals surface area contributed by atoms with Crippen LogP contribution in [0.15, 0.2) is 42.5 Å². The maximum Gasteiger partial charge on any atom is 0.260 e. The molecule has 27 heavy (non-hydrogen) atoms. The summed E-state index contributed by atoms with van der Waals surface area (Å²) < 4.78 is 11.2. The van der Waals surface area contributed by atoms with Gasteiger partial charge in [-0.2, -0.15) is 0 Å². The van der Waals surface area contributed by atoms with Gasteiger partial charge in [0.1, 0.15) is 0 Å². The normalized spacial score (nSPS) is 13.9. The molecule has 0 aromatic heterocycles. The monoisotopic (exact) mass is 388 g/mol. The number of likely N-dealkylation sites (tertiary alicyclic amines) is 1. The van der Waals surface area contributed by atoms with Crippen molar-refractivity contribution in [1.29, 1.82) is 0 Å². The van der Waals surface area contributed by atoms with Crippen molar-refractivity contribution in [1.82, 2.24) is 4.90 Å². The number of carbonyl (C=O) groups excluding carboxylic acids is 1. The Labute approximate surface area is 165 Å². The van der Waals surface area contributed by atoms with Crippen molar-refractivity contribution in [3.63, 3.8) is 0 Å². The highest BCUT2D eigenvalue weighted by atomic mass is 35.5. The first kappa shape index (κ1) is 19.4. The van der Waals surface area contributed by atoms with Gasteiger partial charge in [0.2, 0.25) is 0 Å². The van der Waals surface area contributed by atoms with Gasteiger partial charge in [-0.25, -0.2) is 0 Å². The molecule has 2 aromatic rings. The molecule has 3 rings (SSSR count). The van der Waals surface area contributed by atoms with E-state index >= 15 is 0 Å². The summed E-state index contributed by atoms with van der Waals surface area (Å²) >= 11 is 5.90. The molecule has 2 aromatic carbocycles. The molecule has 1 amide bonds. The Morgan fingerprint density at radius 1 is 1.07 bits per heavy atom. The van der Waals surface area contributed by atoms with Gasteiger partial charge in [-0.15, -0.1) is 0 Å². The molecular weight excluding hydrogens is 364 g/mol. The van der Waals surface area contributed by atoms with Crippen molar-refractivity contribution < 1.29 is 14.3 Å². The van der Waals surface area contributed by atoms with Crippen LogP contribution < -0.4 is 14.8 Å². The van der Waals surface area contributed by atoms with E-state index in [1.54, 1.807) is 7.11 Å². The molecule has 0 atom stereocenters. The Balaban J connectivity index is 1.56. The average Bonchev–Trinajstić information content (AvgIpc) is 2.72. The summed E-state index contributed by atoms with van der Waals surface area (Å²) in [5, 5.41) is 4.05. The first-order valence-electron chi connectivity index (χ1n) is 9.22. The second kappa shape index (κ2) is 9.51. The zero-order valence-electron chi connectivity index (χ0n) is 15.5. The molecule has 0 aliphatic carbocycles. The molecule has 1 heterocycles. The van der Waals surface area contributed by atoms with Crippen LogP contribution in [0.25, 0.3) is 0 Å². The van der Waals surface area contributed by atoms with Crippen molar-refractivity contribution >= 4 is 23.2 Å². The topological polar surface area (TPSA) is 50.8 Å². The van der Waals surface area contributed by atoms with Crippen LogP contribution >= 0.6 is 11.6 Å². The molecule has 1 fully saturated rings. The van der Waals surface area contributed by atoms with E-state index < -0.39 is 0 Å². The van der Waals surface area contributed by atoms with Crippen molar-refractivity contribution in [2.24, 2.45) is 0 Å². The van der Waals surface area contributed by atoms with Crippen molar-refractivity contribution in [3.05, 3.63) is 53.1 Å². The van der Waals surface area contributed by atoms with Gasteiger partial charge >= 0.3 is 0 Å². The molecule has 0 saturated carbocycles. The van der Waals surface area contributed by atoms with E-state index in [0.29, 0.717) is 23.1 Å². The highest BCUT2D eigenvalue weighted by Crippen LogP contribution is 2.28. The van der Waals surface area contributed by atoms with Gasteiger partial charge in [-0.3, -0.25) is 4.79 Å². The van der Waals surface area contributed by atoms with E-state index in [-0.39, 0.29) is 12.5 Å². The van der Waals surface area contributed by atoms with Crippen LogP contribution in [-0.2, 0) is 11.3 Å². The van der Waals surface area contributed by atoms with E-state index in [0.717, 1.165) is 37.2 Å². The largest absolute Gasteiger partial charge is 0.493 e. The van der Waals surface area contributed by atoms with E-state index in [2.05, 4.69) is 5.32 Å². The Morgan fingerprint density at radius 3 is 2.52 bits per heavy atom. The van der Waals surface area contributed by atoms with Gasteiger partial charge in [0, 0.05) is 30.3 Å². The first-order chi connectivity index (χ1) is 13.2. The van der Waals surface area contributed by atoms with Gasteiger partial charge in [-0.1, -0.05) is 17.7 Å². The second-order valence-electron chi connectivity index (χ2n) is 6.58. The van der Waals surface area contributed by atoms with Crippen LogP contribution in [0.1, 0.15) is 24.8 Å². The summed E-state index contributed by atoms with van der Waals surface area (Å²) in [6, 6.07) is 13.3. The second-order valence-corrected chi connectivity index (χ2v) is 7.01. The summed E-state index contributed by atoms with van der Waals surface area (Å²) in [5.74, 6) is 1.24. The van der Waals surface area contributed by atoms with E-state index in [1.165, 1.54) is 6.42 Å². The molecular formula is C21H25ClN2O3. The maximum absolute atomic E-state index is 12.3. The molecule has 1 aliphatic rings. The van der Waals surface area contributed by atoms with Gasteiger partial charge in [0.25, 0.3) is 5.91 Å². The predicted molar refractivity (Wildman–Crippen MR) is 108 cm³/mol. The van der Waals surface area contributed by atoms with Crippen molar-refractivity contribution in [2.45, 2.75) is 25.8 Å². The van der Waals surface area contributed by atoms with Crippen LogP contribution in [0.4, 0.5) is 5.69 Å². The Kier molecular flexibility index (Phi) is 6.82. The number of halogens is 1. The summed E-state index contributed by atoms with van der Waals surface area (Å²) in [5.41, 5.74) is 2.04. The first-order valence-corrected chi connectivity index (χ1v) is 9.60. The van der Waals surface area contributed by atoms with Gasteiger partial charge in [-0.05, 0) is 61.2 Å². The molecule has 1 aliphatic heterocycles. The Morgan fingerprint density at radius 2 is 1.81 bits per heavy atom. The lowest BCUT2D eigenvalue weighted by molar-refractivity contribution is -0.134. The van der Waals surface area contributed by atoms with Crippen LogP contribution in [-0.4, -0.2) is 37.6 Å². The number of benzene rings is 2. The smallest absolute Gasteiger partial charge is 0.260 e. The fraction of sp³-hybridized carbons (Fsp3) is 0.381. The molecule has 6 heteroatoms. The zero-order chi connectivity index (χ0) is 19.1. The lowest BCUT2D eigenvalue weighted by atomic mass is 10.1. The van der Waals surface area contributed by atoms with Gasteiger partial charge < -0.3 is 19.7 Å². The SMILES string of the molecule is COc1cc(CNc2ccc(Cl)cc2)ccc1OCC(=O)N1CCCCC1. The lowest BCUT2D eigenvalue weighted by Crippen LogP contribution is -2.38. The maximum atomic E-state index is 12.3.